The summed E-state index contributed by atoms with van der Waals surface area (Å²) in [5.74, 6) is 1.64. The number of anilines is 1. The van der Waals surface area contributed by atoms with Crippen LogP contribution in [0.3, 0.4) is 0 Å². The number of hydrogen-bond acceptors (Lipinski definition) is 4. The fourth-order valence-electron chi connectivity index (χ4n) is 4.06. The van der Waals surface area contributed by atoms with Crippen LogP contribution in [0.2, 0.25) is 0 Å². The summed E-state index contributed by atoms with van der Waals surface area (Å²) in [5.41, 5.74) is 1.33. The standard InChI is InChI=1S/C22H37N5O/c1-4-23-22(25(3)17-20-10-15-28-18-20)24-16-19(2)26-11-13-27(14-12-26)21-8-6-5-7-9-21/h5-9,19-20H,4,10-18H2,1-3H3,(H,23,24). The number of para-hydroxylation sites is 1. The van der Waals surface area contributed by atoms with Crippen LogP contribution in [0.4, 0.5) is 5.69 Å². The highest BCUT2D eigenvalue weighted by Crippen LogP contribution is 2.17. The lowest BCUT2D eigenvalue weighted by Crippen LogP contribution is -2.50. The number of guanidine groups is 1. The Balaban J connectivity index is 1.48. The van der Waals surface area contributed by atoms with Gasteiger partial charge in [0.2, 0.25) is 0 Å². The molecule has 2 aliphatic rings. The summed E-state index contributed by atoms with van der Waals surface area (Å²) in [6.45, 7) is 13.3. The molecule has 2 atom stereocenters. The Bertz CT molecular complexity index is 594. The molecule has 1 aromatic rings. The maximum atomic E-state index is 5.52. The van der Waals surface area contributed by atoms with E-state index in [1.807, 2.05) is 0 Å². The van der Waals surface area contributed by atoms with Gasteiger partial charge in [0.05, 0.1) is 13.2 Å². The summed E-state index contributed by atoms with van der Waals surface area (Å²) in [5, 5.41) is 3.45. The molecule has 28 heavy (non-hydrogen) atoms. The molecule has 2 unspecified atom stereocenters. The molecule has 0 amide bonds. The SMILES string of the molecule is CCNC(=NCC(C)N1CCN(c2ccccc2)CC1)N(C)CC1CCOC1. The number of hydrogen-bond donors (Lipinski definition) is 1. The number of nitrogens with zero attached hydrogens (tertiary/aromatic N) is 4. The molecular weight excluding hydrogens is 350 g/mol. The van der Waals surface area contributed by atoms with Gasteiger partial charge in [0.25, 0.3) is 0 Å². The molecule has 2 heterocycles. The molecule has 6 heteroatoms. The van der Waals surface area contributed by atoms with E-state index in [2.05, 4.69) is 71.2 Å². The molecule has 156 valence electrons. The third kappa shape index (κ3) is 5.85. The highest BCUT2D eigenvalue weighted by Gasteiger charge is 2.22. The molecule has 0 aliphatic carbocycles. The summed E-state index contributed by atoms with van der Waals surface area (Å²) in [4.78, 5) is 12.3. The minimum Gasteiger partial charge on any atom is -0.381 e. The molecule has 3 rings (SSSR count). The Labute approximate surface area is 170 Å². The number of piperazine rings is 1. The lowest BCUT2D eigenvalue weighted by Gasteiger charge is -2.38. The summed E-state index contributed by atoms with van der Waals surface area (Å²) in [6.07, 6.45) is 1.16. The van der Waals surface area contributed by atoms with Crippen molar-refractivity contribution < 1.29 is 4.74 Å². The van der Waals surface area contributed by atoms with E-state index in [4.69, 9.17) is 9.73 Å². The van der Waals surface area contributed by atoms with Gasteiger partial charge in [-0.15, -0.1) is 0 Å². The Hall–Kier alpha value is -1.79. The zero-order chi connectivity index (χ0) is 19.8. The van der Waals surface area contributed by atoms with E-state index < -0.39 is 0 Å². The molecule has 0 spiro atoms. The van der Waals surface area contributed by atoms with Crippen LogP contribution in [0.1, 0.15) is 20.3 Å². The third-order valence-electron chi connectivity index (χ3n) is 5.82. The molecule has 2 saturated heterocycles. The number of nitrogens with one attached hydrogen (secondary N) is 1. The second-order valence-corrected chi connectivity index (χ2v) is 8.01. The second kappa shape index (κ2) is 10.7. The summed E-state index contributed by atoms with van der Waals surface area (Å²) < 4.78 is 5.52. The third-order valence-corrected chi connectivity index (χ3v) is 5.82. The topological polar surface area (TPSA) is 43.3 Å². The molecule has 2 fully saturated rings. The van der Waals surface area contributed by atoms with E-state index >= 15 is 0 Å². The predicted molar refractivity (Wildman–Crippen MR) is 117 cm³/mol. The Morgan fingerprint density at radius 3 is 2.64 bits per heavy atom. The normalized spacial score (nSPS) is 22.3. The summed E-state index contributed by atoms with van der Waals surface area (Å²) >= 11 is 0. The van der Waals surface area contributed by atoms with Crippen molar-refractivity contribution in [2.24, 2.45) is 10.9 Å². The molecular formula is C22H37N5O. The van der Waals surface area contributed by atoms with Crippen molar-refractivity contribution in [3.05, 3.63) is 30.3 Å². The van der Waals surface area contributed by atoms with Crippen LogP contribution < -0.4 is 10.2 Å². The van der Waals surface area contributed by atoms with Gasteiger partial charge in [0, 0.05) is 70.6 Å². The van der Waals surface area contributed by atoms with Gasteiger partial charge >= 0.3 is 0 Å². The predicted octanol–water partition coefficient (Wildman–Crippen LogP) is 2.13. The first kappa shape index (κ1) is 20.9. The summed E-state index contributed by atoms with van der Waals surface area (Å²) in [7, 11) is 2.14. The molecule has 0 aromatic heterocycles. The van der Waals surface area contributed by atoms with Gasteiger partial charge < -0.3 is 19.9 Å². The number of aliphatic imine (C=N–C) groups is 1. The first-order chi connectivity index (χ1) is 13.7. The monoisotopic (exact) mass is 387 g/mol. The van der Waals surface area contributed by atoms with Crippen molar-refractivity contribution in [2.45, 2.75) is 26.3 Å². The van der Waals surface area contributed by atoms with Gasteiger partial charge in [-0.1, -0.05) is 18.2 Å². The fraction of sp³-hybridized carbons (Fsp3) is 0.682. The van der Waals surface area contributed by atoms with Crippen LogP contribution in [0, 0.1) is 5.92 Å². The van der Waals surface area contributed by atoms with Gasteiger partial charge in [-0.3, -0.25) is 9.89 Å². The maximum absolute atomic E-state index is 5.52. The lowest BCUT2D eigenvalue weighted by molar-refractivity contribution is 0.181. The Morgan fingerprint density at radius 2 is 2.00 bits per heavy atom. The lowest BCUT2D eigenvalue weighted by atomic mass is 10.1. The molecule has 2 aliphatic heterocycles. The quantitative estimate of drug-likeness (QED) is 0.574. The highest BCUT2D eigenvalue weighted by atomic mass is 16.5. The molecule has 0 bridgehead atoms. The highest BCUT2D eigenvalue weighted by molar-refractivity contribution is 5.79. The van der Waals surface area contributed by atoms with E-state index in [9.17, 15) is 0 Å². The van der Waals surface area contributed by atoms with Crippen molar-refractivity contribution in [3.8, 4) is 0 Å². The second-order valence-electron chi connectivity index (χ2n) is 8.01. The van der Waals surface area contributed by atoms with Crippen molar-refractivity contribution in [1.82, 2.24) is 15.1 Å². The summed E-state index contributed by atoms with van der Waals surface area (Å²) in [6, 6.07) is 11.2. The van der Waals surface area contributed by atoms with Gasteiger partial charge in [-0.05, 0) is 32.4 Å². The number of ether oxygens (including phenoxy) is 1. The van der Waals surface area contributed by atoms with Gasteiger partial charge in [0.15, 0.2) is 5.96 Å². The zero-order valence-corrected chi connectivity index (χ0v) is 17.8. The van der Waals surface area contributed by atoms with Crippen molar-refractivity contribution in [1.29, 1.82) is 0 Å². The molecule has 0 saturated carbocycles. The van der Waals surface area contributed by atoms with Crippen molar-refractivity contribution in [3.63, 3.8) is 0 Å². The van der Waals surface area contributed by atoms with E-state index in [-0.39, 0.29) is 0 Å². The number of rotatable bonds is 7. The zero-order valence-electron chi connectivity index (χ0n) is 17.8. The maximum Gasteiger partial charge on any atom is 0.193 e. The van der Waals surface area contributed by atoms with E-state index in [0.717, 1.165) is 71.4 Å². The van der Waals surface area contributed by atoms with Gasteiger partial charge in [-0.2, -0.15) is 0 Å². The Kier molecular flexibility index (Phi) is 7.98. The average molecular weight is 388 g/mol. The fourth-order valence-corrected chi connectivity index (χ4v) is 4.06. The Morgan fingerprint density at radius 1 is 1.25 bits per heavy atom. The first-order valence-electron chi connectivity index (χ1n) is 10.8. The van der Waals surface area contributed by atoms with Gasteiger partial charge in [0.1, 0.15) is 0 Å². The van der Waals surface area contributed by atoms with Crippen LogP contribution in [-0.4, -0.2) is 87.9 Å². The molecule has 1 aromatic carbocycles. The largest absolute Gasteiger partial charge is 0.381 e. The molecule has 6 nitrogen and oxygen atoms in total. The first-order valence-corrected chi connectivity index (χ1v) is 10.8. The van der Waals surface area contributed by atoms with Crippen LogP contribution in [0.15, 0.2) is 35.3 Å². The molecule has 0 radical (unpaired) electrons. The van der Waals surface area contributed by atoms with E-state index in [1.165, 1.54) is 5.69 Å². The van der Waals surface area contributed by atoms with Crippen molar-refractivity contribution >= 4 is 11.6 Å². The van der Waals surface area contributed by atoms with E-state index in [0.29, 0.717) is 12.0 Å². The minimum atomic E-state index is 0.454. The minimum absolute atomic E-state index is 0.454. The number of benzene rings is 1. The smallest absolute Gasteiger partial charge is 0.193 e. The molecule has 1 N–H and O–H groups in total. The van der Waals surface area contributed by atoms with Crippen LogP contribution in [-0.2, 0) is 4.74 Å². The average Bonchev–Trinajstić information content (AvgIpc) is 3.24. The van der Waals surface area contributed by atoms with Gasteiger partial charge in [-0.25, -0.2) is 0 Å². The van der Waals surface area contributed by atoms with E-state index in [1.54, 1.807) is 0 Å². The van der Waals surface area contributed by atoms with Crippen LogP contribution in [0.5, 0.6) is 0 Å². The van der Waals surface area contributed by atoms with Crippen LogP contribution in [0.25, 0.3) is 0 Å². The van der Waals surface area contributed by atoms with Crippen LogP contribution >= 0.6 is 0 Å². The van der Waals surface area contributed by atoms with Crippen molar-refractivity contribution in [2.75, 3.05) is 71.0 Å².